The highest BCUT2D eigenvalue weighted by atomic mass is 35.5. The van der Waals surface area contributed by atoms with E-state index in [9.17, 15) is 9.18 Å². The summed E-state index contributed by atoms with van der Waals surface area (Å²) < 4.78 is 19.0. The highest BCUT2D eigenvalue weighted by Crippen LogP contribution is 2.29. The molecule has 24 heavy (non-hydrogen) atoms. The van der Waals surface area contributed by atoms with E-state index in [1.165, 1.54) is 6.07 Å². The fourth-order valence-corrected chi connectivity index (χ4v) is 3.66. The van der Waals surface area contributed by atoms with E-state index in [4.69, 9.17) is 22.1 Å². The van der Waals surface area contributed by atoms with E-state index in [-0.39, 0.29) is 41.4 Å². The Morgan fingerprint density at radius 2 is 2.17 bits per heavy atom. The number of carbonyl (C=O) groups excluding carboxylic acids is 1. The Balaban J connectivity index is 0.00000208. The lowest BCUT2D eigenvalue weighted by Gasteiger charge is -2.37. The molecule has 134 valence electrons. The van der Waals surface area contributed by atoms with E-state index >= 15 is 0 Å². The average Bonchev–Trinajstić information content (AvgIpc) is 2.57. The standard InChI is InChI=1S/C17H22ClFN2O2.ClH/c18-14-9-11(4-5-15(14)19)16-10-21(6-7-23-16)17(22)12-2-1-3-13(20)8-12;/h4-5,9,12-13,16H,1-3,6-8,10,20H2;1H. The molecule has 2 fully saturated rings. The van der Waals surface area contributed by atoms with E-state index in [1.807, 2.05) is 4.90 Å². The van der Waals surface area contributed by atoms with E-state index in [2.05, 4.69) is 0 Å². The van der Waals surface area contributed by atoms with E-state index in [0.29, 0.717) is 19.7 Å². The molecule has 1 aromatic carbocycles. The number of benzene rings is 1. The number of hydrogen-bond acceptors (Lipinski definition) is 3. The topological polar surface area (TPSA) is 55.6 Å². The Morgan fingerprint density at radius 3 is 2.88 bits per heavy atom. The summed E-state index contributed by atoms with van der Waals surface area (Å²) in [6.45, 7) is 1.55. The number of ether oxygens (including phenoxy) is 1. The quantitative estimate of drug-likeness (QED) is 0.860. The first-order valence-corrected chi connectivity index (χ1v) is 8.53. The molecule has 1 aliphatic carbocycles. The number of amides is 1. The van der Waals surface area contributed by atoms with Gasteiger partial charge in [0.25, 0.3) is 0 Å². The molecule has 1 saturated heterocycles. The van der Waals surface area contributed by atoms with Crippen molar-refractivity contribution in [3.8, 4) is 0 Å². The van der Waals surface area contributed by atoms with Gasteiger partial charge in [0.05, 0.1) is 18.2 Å². The van der Waals surface area contributed by atoms with Crippen LogP contribution in [0.4, 0.5) is 4.39 Å². The molecule has 3 atom stereocenters. The van der Waals surface area contributed by atoms with Gasteiger partial charge in [-0.1, -0.05) is 24.1 Å². The Bertz CT molecular complexity index is 588. The monoisotopic (exact) mass is 376 g/mol. The second-order valence-electron chi connectivity index (χ2n) is 6.44. The first-order chi connectivity index (χ1) is 11.0. The minimum atomic E-state index is -0.449. The molecule has 0 aromatic heterocycles. The van der Waals surface area contributed by atoms with Gasteiger partial charge in [0, 0.05) is 18.5 Å². The van der Waals surface area contributed by atoms with E-state index < -0.39 is 5.82 Å². The second kappa shape index (κ2) is 8.48. The molecule has 3 rings (SSSR count). The Kier molecular flexibility index (Phi) is 6.87. The molecule has 1 aliphatic heterocycles. The predicted molar refractivity (Wildman–Crippen MR) is 93.9 cm³/mol. The van der Waals surface area contributed by atoms with Crippen LogP contribution in [0.3, 0.4) is 0 Å². The summed E-state index contributed by atoms with van der Waals surface area (Å²) in [4.78, 5) is 14.6. The van der Waals surface area contributed by atoms with Gasteiger partial charge in [-0.2, -0.15) is 0 Å². The molecule has 1 amide bonds. The van der Waals surface area contributed by atoms with Crippen molar-refractivity contribution in [3.63, 3.8) is 0 Å². The van der Waals surface area contributed by atoms with E-state index in [0.717, 1.165) is 31.2 Å². The van der Waals surface area contributed by atoms with Gasteiger partial charge in [0.2, 0.25) is 5.91 Å². The van der Waals surface area contributed by atoms with Crippen LogP contribution in [-0.4, -0.2) is 36.5 Å². The fraction of sp³-hybridized carbons (Fsp3) is 0.588. The van der Waals surface area contributed by atoms with Crippen LogP contribution in [0.2, 0.25) is 5.02 Å². The van der Waals surface area contributed by atoms with Gasteiger partial charge < -0.3 is 15.4 Å². The molecule has 7 heteroatoms. The van der Waals surface area contributed by atoms with Gasteiger partial charge in [-0.05, 0) is 37.0 Å². The van der Waals surface area contributed by atoms with Crippen molar-refractivity contribution in [1.82, 2.24) is 4.90 Å². The molecule has 4 nitrogen and oxygen atoms in total. The highest BCUT2D eigenvalue weighted by Gasteiger charge is 2.32. The summed E-state index contributed by atoms with van der Waals surface area (Å²) in [6.07, 6.45) is 3.44. The van der Waals surface area contributed by atoms with Crippen LogP contribution in [0.15, 0.2) is 18.2 Å². The van der Waals surface area contributed by atoms with Crippen LogP contribution in [0.5, 0.6) is 0 Å². The van der Waals surface area contributed by atoms with Crippen LogP contribution in [-0.2, 0) is 9.53 Å². The third kappa shape index (κ3) is 4.39. The molecule has 2 N–H and O–H groups in total. The molecule has 1 aromatic rings. The molecule has 2 aliphatic rings. The van der Waals surface area contributed by atoms with Gasteiger partial charge in [-0.25, -0.2) is 4.39 Å². The van der Waals surface area contributed by atoms with Crippen molar-refractivity contribution in [3.05, 3.63) is 34.6 Å². The summed E-state index contributed by atoms with van der Waals surface area (Å²) in [7, 11) is 0. The summed E-state index contributed by atoms with van der Waals surface area (Å²) in [5, 5.41) is 0.0767. The normalized spacial score (nSPS) is 27.5. The number of morpholine rings is 1. The Morgan fingerprint density at radius 1 is 1.38 bits per heavy atom. The zero-order valence-electron chi connectivity index (χ0n) is 13.4. The zero-order chi connectivity index (χ0) is 16.4. The van der Waals surface area contributed by atoms with Crippen LogP contribution < -0.4 is 5.73 Å². The van der Waals surface area contributed by atoms with Gasteiger partial charge in [0.15, 0.2) is 0 Å². The average molecular weight is 377 g/mol. The zero-order valence-corrected chi connectivity index (χ0v) is 15.0. The van der Waals surface area contributed by atoms with E-state index in [1.54, 1.807) is 12.1 Å². The first-order valence-electron chi connectivity index (χ1n) is 8.15. The maximum Gasteiger partial charge on any atom is 0.225 e. The Hall–Kier alpha value is -0.880. The number of nitrogens with two attached hydrogens (primary N) is 1. The summed E-state index contributed by atoms with van der Waals surface area (Å²) in [5.41, 5.74) is 6.80. The van der Waals surface area contributed by atoms with Gasteiger partial charge in [-0.3, -0.25) is 4.79 Å². The van der Waals surface area contributed by atoms with Crippen molar-refractivity contribution < 1.29 is 13.9 Å². The predicted octanol–water partition coefficient (Wildman–Crippen LogP) is 3.32. The lowest BCUT2D eigenvalue weighted by Crippen LogP contribution is -2.46. The summed E-state index contributed by atoms with van der Waals surface area (Å²) in [6, 6.07) is 4.70. The maximum atomic E-state index is 13.3. The largest absolute Gasteiger partial charge is 0.370 e. The summed E-state index contributed by atoms with van der Waals surface area (Å²) >= 11 is 5.84. The van der Waals surface area contributed by atoms with Crippen molar-refractivity contribution in [2.45, 2.75) is 37.8 Å². The minimum Gasteiger partial charge on any atom is -0.370 e. The number of carbonyl (C=O) groups is 1. The minimum absolute atomic E-state index is 0. The smallest absolute Gasteiger partial charge is 0.225 e. The lowest BCUT2D eigenvalue weighted by molar-refractivity contribution is -0.144. The number of halogens is 3. The molecule has 1 heterocycles. The third-order valence-electron chi connectivity index (χ3n) is 4.76. The highest BCUT2D eigenvalue weighted by molar-refractivity contribution is 6.30. The maximum absolute atomic E-state index is 13.3. The first kappa shape index (κ1) is 19.4. The molecule has 3 unspecified atom stereocenters. The van der Waals surface area contributed by atoms with Gasteiger partial charge in [0.1, 0.15) is 11.9 Å². The summed E-state index contributed by atoms with van der Waals surface area (Å²) in [5.74, 6) is -0.258. The van der Waals surface area contributed by atoms with Crippen molar-refractivity contribution in [1.29, 1.82) is 0 Å². The lowest BCUT2D eigenvalue weighted by atomic mass is 9.85. The van der Waals surface area contributed by atoms with Crippen LogP contribution in [0, 0.1) is 11.7 Å². The van der Waals surface area contributed by atoms with Crippen LogP contribution >= 0.6 is 24.0 Å². The molecule has 0 radical (unpaired) electrons. The van der Waals surface area contributed by atoms with Crippen LogP contribution in [0.1, 0.15) is 37.4 Å². The van der Waals surface area contributed by atoms with Gasteiger partial charge >= 0.3 is 0 Å². The van der Waals surface area contributed by atoms with Gasteiger partial charge in [-0.15, -0.1) is 12.4 Å². The third-order valence-corrected chi connectivity index (χ3v) is 5.05. The van der Waals surface area contributed by atoms with Crippen molar-refractivity contribution in [2.24, 2.45) is 11.7 Å². The fourth-order valence-electron chi connectivity index (χ4n) is 3.47. The molecule has 0 spiro atoms. The SMILES string of the molecule is Cl.NC1CCCC(C(=O)N2CCOC(c3ccc(F)c(Cl)c3)C2)C1. The van der Waals surface area contributed by atoms with Crippen molar-refractivity contribution in [2.75, 3.05) is 19.7 Å². The number of nitrogens with zero attached hydrogens (tertiary/aromatic N) is 1. The molecule has 0 bridgehead atoms. The Labute approximate surface area is 152 Å². The molecular formula is C17H23Cl2FN2O2. The number of rotatable bonds is 2. The molecular weight excluding hydrogens is 354 g/mol. The van der Waals surface area contributed by atoms with Crippen molar-refractivity contribution >= 4 is 29.9 Å². The molecule has 1 saturated carbocycles. The second-order valence-corrected chi connectivity index (χ2v) is 6.85. The van der Waals surface area contributed by atoms with Crippen LogP contribution in [0.25, 0.3) is 0 Å². The number of hydrogen-bond donors (Lipinski definition) is 1.